The fourth-order valence-corrected chi connectivity index (χ4v) is 2.83. The van der Waals surface area contributed by atoms with Gasteiger partial charge in [0.05, 0.1) is 0 Å². The zero-order valence-electron chi connectivity index (χ0n) is 9.10. The number of Topliss-reactive ketones (excluding diaryl/α,β-unsaturated/α-hetero) is 1. The molecule has 0 aliphatic carbocycles. The topological polar surface area (TPSA) is 51.2 Å². The Morgan fingerprint density at radius 3 is 2.44 bits per heavy atom. The lowest BCUT2D eigenvalue weighted by Crippen LogP contribution is -2.27. The van der Waals surface area contributed by atoms with Gasteiger partial charge in [0.25, 0.3) is 0 Å². The van der Waals surface area contributed by atoms with Crippen LogP contribution >= 0.6 is 0 Å². The summed E-state index contributed by atoms with van der Waals surface area (Å²) in [6, 6.07) is 5.07. The van der Waals surface area contributed by atoms with Gasteiger partial charge in [-0.2, -0.15) is 0 Å². The second-order valence-electron chi connectivity index (χ2n) is 3.44. The molecular weight excluding hydrogens is 231 g/mol. The molecule has 1 rings (SSSR count). The van der Waals surface area contributed by atoms with Crippen molar-refractivity contribution in [2.24, 2.45) is 0 Å². The van der Waals surface area contributed by atoms with Crippen molar-refractivity contribution in [2.45, 2.75) is 30.4 Å². The van der Waals surface area contributed by atoms with Crippen LogP contribution in [0.5, 0.6) is 0 Å². The molecule has 0 aliphatic rings. The van der Waals surface area contributed by atoms with E-state index in [4.69, 9.17) is 0 Å². The molecule has 16 heavy (non-hydrogen) atoms. The molecule has 88 valence electrons. The quantitative estimate of drug-likeness (QED) is 0.813. The summed E-state index contributed by atoms with van der Waals surface area (Å²) in [5.41, 5.74) is 0. The van der Waals surface area contributed by atoms with E-state index in [2.05, 4.69) is 0 Å². The van der Waals surface area contributed by atoms with Crippen molar-refractivity contribution >= 4 is 15.6 Å². The van der Waals surface area contributed by atoms with E-state index in [1.807, 2.05) is 0 Å². The summed E-state index contributed by atoms with van der Waals surface area (Å²) >= 11 is 0. The standard InChI is InChI=1S/C11H13FO3S/c1-3-10(13)8(2)16(14,15)11-7-5-4-6-9(11)12/h4-8H,3H2,1-2H3. The van der Waals surface area contributed by atoms with Crippen LogP contribution in [0.1, 0.15) is 20.3 Å². The monoisotopic (exact) mass is 244 g/mol. The van der Waals surface area contributed by atoms with E-state index in [-0.39, 0.29) is 6.42 Å². The number of hydrogen-bond donors (Lipinski definition) is 0. The van der Waals surface area contributed by atoms with Crippen LogP contribution in [0.2, 0.25) is 0 Å². The van der Waals surface area contributed by atoms with E-state index in [1.165, 1.54) is 25.1 Å². The van der Waals surface area contributed by atoms with Gasteiger partial charge in [0.2, 0.25) is 0 Å². The lowest BCUT2D eigenvalue weighted by molar-refractivity contribution is -0.118. The highest BCUT2D eigenvalue weighted by Crippen LogP contribution is 2.20. The number of benzene rings is 1. The van der Waals surface area contributed by atoms with Gasteiger partial charge in [-0.05, 0) is 19.1 Å². The molecule has 1 aromatic rings. The summed E-state index contributed by atoms with van der Waals surface area (Å²) in [5.74, 6) is -1.23. The third-order valence-corrected chi connectivity index (χ3v) is 4.55. The van der Waals surface area contributed by atoms with Crippen LogP contribution in [-0.2, 0) is 14.6 Å². The van der Waals surface area contributed by atoms with Gasteiger partial charge in [-0.25, -0.2) is 12.8 Å². The van der Waals surface area contributed by atoms with Crippen molar-refractivity contribution in [1.29, 1.82) is 0 Å². The summed E-state index contributed by atoms with van der Waals surface area (Å²) in [7, 11) is -3.91. The average Bonchev–Trinajstić information content (AvgIpc) is 2.27. The fourth-order valence-electron chi connectivity index (χ4n) is 1.33. The van der Waals surface area contributed by atoms with Crippen LogP contribution < -0.4 is 0 Å². The molecule has 0 saturated carbocycles. The van der Waals surface area contributed by atoms with Crippen LogP contribution in [0.3, 0.4) is 0 Å². The molecule has 0 N–H and O–H groups in total. The van der Waals surface area contributed by atoms with Crippen LogP contribution in [0.15, 0.2) is 29.2 Å². The molecule has 0 fully saturated rings. The molecule has 0 radical (unpaired) electrons. The second kappa shape index (κ2) is 4.74. The van der Waals surface area contributed by atoms with Crippen molar-refractivity contribution < 1.29 is 17.6 Å². The van der Waals surface area contributed by atoms with Crippen LogP contribution in [0, 0.1) is 5.82 Å². The van der Waals surface area contributed by atoms with Gasteiger partial charge in [-0.1, -0.05) is 19.1 Å². The van der Waals surface area contributed by atoms with E-state index in [9.17, 15) is 17.6 Å². The molecule has 0 heterocycles. The van der Waals surface area contributed by atoms with Gasteiger partial charge in [0, 0.05) is 6.42 Å². The molecule has 3 nitrogen and oxygen atoms in total. The van der Waals surface area contributed by atoms with E-state index in [1.54, 1.807) is 6.92 Å². The van der Waals surface area contributed by atoms with Gasteiger partial charge in [0.15, 0.2) is 15.6 Å². The molecule has 0 aromatic heterocycles. The van der Waals surface area contributed by atoms with E-state index < -0.39 is 31.6 Å². The van der Waals surface area contributed by atoms with Gasteiger partial charge >= 0.3 is 0 Å². The van der Waals surface area contributed by atoms with Gasteiger partial charge in [0.1, 0.15) is 16.0 Å². The van der Waals surface area contributed by atoms with E-state index in [0.29, 0.717) is 0 Å². The van der Waals surface area contributed by atoms with Crippen molar-refractivity contribution in [3.63, 3.8) is 0 Å². The van der Waals surface area contributed by atoms with Crippen LogP contribution in [0.25, 0.3) is 0 Å². The summed E-state index contributed by atoms with van der Waals surface area (Å²) < 4.78 is 37.1. The van der Waals surface area contributed by atoms with Crippen molar-refractivity contribution in [3.8, 4) is 0 Å². The minimum atomic E-state index is -3.91. The number of carbonyl (C=O) groups excluding carboxylic acids is 1. The molecule has 0 spiro atoms. The number of halogens is 1. The number of sulfone groups is 1. The Morgan fingerprint density at radius 1 is 1.38 bits per heavy atom. The molecular formula is C11H13FO3S. The van der Waals surface area contributed by atoms with Crippen LogP contribution in [-0.4, -0.2) is 19.5 Å². The Labute approximate surface area is 94.2 Å². The Morgan fingerprint density at radius 2 is 1.94 bits per heavy atom. The van der Waals surface area contributed by atoms with Crippen molar-refractivity contribution in [2.75, 3.05) is 0 Å². The number of ketones is 1. The molecule has 0 amide bonds. The first-order valence-corrected chi connectivity index (χ1v) is 6.47. The highest BCUT2D eigenvalue weighted by Gasteiger charge is 2.30. The number of rotatable bonds is 4. The highest BCUT2D eigenvalue weighted by molar-refractivity contribution is 7.92. The molecule has 1 aromatic carbocycles. The van der Waals surface area contributed by atoms with Gasteiger partial charge in [-0.15, -0.1) is 0 Å². The van der Waals surface area contributed by atoms with E-state index >= 15 is 0 Å². The molecule has 0 saturated heterocycles. The molecule has 1 unspecified atom stereocenters. The second-order valence-corrected chi connectivity index (χ2v) is 5.67. The van der Waals surface area contributed by atoms with E-state index in [0.717, 1.165) is 6.07 Å². The summed E-state index contributed by atoms with van der Waals surface area (Å²) in [6.45, 7) is 2.86. The average molecular weight is 244 g/mol. The minimum Gasteiger partial charge on any atom is -0.298 e. The first kappa shape index (κ1) is 12.8. The maximum Gasteiger partial charge on any atom is 0.190 e. The third kappa shape index (κ3) is 2.29. The Bertz CT molecular complexity index is 494. The smallest absolute Gasteiger partial charge is 0.190 e. The molecule has 5 heteroatoms. The SMILES string of the molecule is CCC(=O)C(C)S(=O)(=O)c1ccccc1F. The highest BCUT2D eigenvalue weighted by atomic mass is 32.2. The minimum absolute atomic E-state index is 0.120. The predicted octanol–water partition coefficient (Wildman–Crippen LogP) is 1.97. The maximum absolute atomic E-state index is 13.3. The summed E-state index contributed by atoms with van der Waals surface area (Å²) in [5, 5.41) is -1.20. The molecule has 1 atom stereocenters. The van der Waals surface area contributed by atoms with Crippen LogP contribution in [0.4, 0.5) is 4.39 Å². The lowest BCUT2D eigenvalue weighted by Gasteiger charge is -2.11. The molecule has 0 aliphatic heterocycles. The maximum atomic E-state index is 13.3. The number of carbonyl (C=O) groups is 1. The van der Waals surface area contributed by atoms with Crippen molar-refractivity contribution in [3.05, 3.63) is 30.1 Å². The fraction of sp³-hybridized carbons (Fsp3) is 0.364. The first-order valence-electron chi connectivity index (χ1n) is 4.92. The van der Waals surface area contributed by atoms with Gasteiger partial charge < -0.3 is 0 Å². The zero-order chi connectivity index (χ0) is 12.3. The van der Waals surface area contributed by atoms with Crippen molar-refractivity contribution in [1.82, 2.24) is 0 Å². The predicted molar refractivity (Wildman–Crippen MR) is 58.3 cm³/mol. The Hall–Kier alpha value is -1.23. The summed E-state index contributed by atoms with van der Waals surface area (Å²) in [6.07, 6.45) is 0.120. The number of hydrogen-bond acceptors (Lipinski definition) is 3. The Balaban J connectivity index is 3.23. The summed E-state index contributed by atoms with van der Waals surface area (Å²) in [4.78, 5) is 10.9. The normalized spacial score (nSPS) is 13.4. The molecule has 0 bridgehead atoms. The first-order chi connectivity index (χ1) is 7.41. The third-order valence-electron chi connectivity index (χ3n) is 2.41. The lowest BCUT2D eigenvalue weighted by atomic mass is 10.2. The zero-order valence-corrected chi connectivity index (χ0v) is 9.92. The largest absolute Gasteiger partial charge is 0.298 e. The van der Waals surface area contributed by atoms with Gasteiger partial charge in [-0.3, -0.25) is 4.79 Å². The Kier molecular flexibility index (Phi) is 3.80.